The SMILES string of the molecule is CCOC(=O)c1c([O-])n(/N=C/c2ccc(F)cc2)n[n+]1CC(=O)c1ccc(Br)cc1. The van der Waals surface area contributed by atoms with Crippen LogP contribution in [0.2, 0.25) is 0 Å². The highest BCUT2D eigenvalue weighted by atomic mass is 79.9. The van der Waals surface area contributed by atoms with E-state index in [4.69, 9.17) is 4.74 Å². The zero-order valence-electron chi connectivity index (χ0n) is 15.8. The van der Waals surface area contributed by atoms with Crippen LogP contribution in [-0.4, -0.2) is 34.6 Å². The van der Waals surface area contributed by atoms with Gasteiger partial charge in [0.15, 0.2) is 12.4 Å². The third-order valence-electron chi connectivity index (χ3n) is 3.95. The summed E-state index contributed by atoms with van der Waals surface area (Å²) in [7, 11) is 0. The summed E-state index contributed by atoms with van der Waals surface area (Å²) in [5.41, 5.74) is 0.484. The van der Waals surface area contributed by atoms with Gasteiger partial charge in [0, 0.05) is 10.0 Å². The van der Waals surface area contributed by atoms with Gasteiger partial charge >= 0.3 is 5.97 Å². The van der Waals surface area contributed by atoms with Crippen LogP contribution in [0.1, 0.15) is 33.3 Å². The van der Waals surface area contributed by atoms with Gasteiger partial charge in [0.1, 0.15) is 11.0 Å². The van der Waals surface area contributed by atoms with Crippen molar-refractivity contribution in [2.45, 2.75) is 13.5 Å². The fraction of sp³-hybridized carbons (Fsp3) is 0.150. The van der Waals surface area contributed by atoms with E-state index in [-0.39, 0.29) is 18.9 Å². The molecule has 0 N–H and O–H groups in total. The summed E-state index contributed by atoms with van der Waals surface area (Å²) < 4.78 is 19.7. The molecule has 0 atom stereocenters. The minimum Gasteiger partial charge on any atom is -0.836 e. The van der Waals surface area contributed by atoms with Crippen molar-refractivity contribution < 1.29 is 28.5 Å². The van der Waals surface area contributed by atoms with E-state index in [1.807, 2.05) is 0 Å². The van der Waals surface area contributed by atoms with Crippen LogP contribution < -0.4 is 9.79 Å². The van der Waals surface area contributed by atoms with Crippen LogP contribution in [0.15, 0.2) is 58.1 Å². The van der Waals surface area contributed by atoms with E-state index in [2.05, 4.69) is 26.2 Å². The van der Waals surface area contributed by atoms with Crippen molar-refractivity contribution in [2.75, 3.05) is 6.61 Å². The van der Waals surface area contributed by atoms with E-state index >= 15 is 0 Å². The van der Waals surface area contributed by atoms with Crippen molar-refractivity contribution in [1.82, 2.24) is 10.0 Å². The monoisotopic (exact) mass is 474 g/mol. The van der Waals surface area contributed by atoms with Crippen molar-refractivity contribution in [3.63, 3.8) is 0 Å². The number of benzene rings is 2. The number of ketones is 1. The number of Topliss-reactive ketones (excluding diaryl/α,β-unsaturated/α-hetero) is 1. The zero-order chi connectivity index (χ0) is 21.7. The van der Waals surface area contributed by atoms with Crippen molar-refractivity contribution in [1.29, 1.82) is 0 Å². The molecule has 0 bridgehead atoms. The van der Waals surface area contributed by atoms with Gasteiger partial charge in [0.2, 0.25) is 5.78 Å². The third-order valence-corrected chi connectivity index (χ3v) is 4.48. The molecule has 0 saturated carbocycles. The Hall–Kier alpha value is -3.40. The van der Waals surface area contributed by atoms with Gasteiger partial charge in [-0.3, -0.25) is 4.79 Å². The standard InChI is InChI=1S/C20H16BrFN4O4/c1-2-30-20(29)18-19(28)26(23-11-13-3-9-16(22)10-4-13)24-25(18)12-17(27)14-5-7-15(21)8-6-14/h3-11H,2,12H2,1H3/b23-11+. The molecule has 0 unspecified atom stereocenters. The van der Waals surface area contributed by atoms with E-state index in [0.29, 0.717) is 15.9 Å². The molecule has 0 saturated heterocycles. The first-order valence-corrected chi connectivity index (χ1v) is 9.64. The summed E-state index contributed by atoms with van der Waals surface area (Å²) >= 11 is 3.29. The zero-order valence-corrected chi connectivity index (χ0v) is 17.4. The van der Waals surface area contributed by atoms with E-state index in [1.54, 1.807) is 31.2 Å². The number of ether oxygens (including phenoxy) is 1. The Morgan fingerprint density at radius 1 is 1.23 bits per heavy atom. The molecular formula is C20H16BrFN4O4. The van der Waals surface area contributed by atoms with Crippen LogP contribution in [0, 0.1) is 5.82 Å². The van der Waals surface area contributed by atoms with Gasteiger partial charge in [0.05, 0.1) is 12.8 Å². The maximum absolute atomic E-state index is 13.0. The molecule has 0 amide bonds. The second-order valence-corrected chi connectivity index (χ2v) is 6.95. The highest BCUT2D eigenvalue weighted by Gasteiger charge is 2.29. The molecule has 0 aliphatic heterocycles. The molecule has 0 spiro atoms. The highest BCUT2D eigenvalue weighted by molar-refractivity contribution is 9.10. The maximum atomic E-state index is 13.0. The van der Waals surface area contributed by atoms with Gasteiger partial charge in [-0.1, -0.05) is 45.3 Å². The van der Waals surface area contributed by atoms with E-state index in [1.165, 1.54) is 30.5 Å². The Labute approximate surface area is 179 Å². The second kappa shape index (κ2) is 9.40. The van der Waals surface area contributed by atoms with Crippen molar-refractivity contribution in [2.24, 2.45) is 5.10 Å². The summed E-state index contributed by atoms with van der Waals surface area (Å²) in [6, 6.07) is 12.0. The predicted molar refractivity (Wildman–Crippen MR) is 106 cm³/mol. The number of carbonyl (C=O) groups is 2. The number of carbonyl (C=O) groups excluding carboxylic acids is 2. The van der Waals surface area contributed by atoms with Crippen molar-refractivity contribution in [3.8, 4) is 5.88 Å². The number of rotatable bonds is 7. The quantitative estimate of drug-likeness (QED) is 0.226. The van der Waals surface area contributed by atoms with Crippen molar-refractivity contribution in [3.05, 3.63) is 75.6 Å². The van der Waals surface area contributed by atoms with E-state index in [9.17, 15) is 19.1 Å². The summed E-state index contributed by atoms with van der Waals surface area (Å²) in [6.07, 6.45) is 1.28. The highest BCUT2D eigenvalue weighted by Crippen LogP contribution is 2.13. The molecule has 3 aromatic rings. The first kappa shape index (κ1) is 21.3. The van der Waals surface area contributed by atoms with Crippen LogP contribution in [0.25, 0.3) is 0 Å². The molecule has 1 aromatic heterocycles. The van der Waals surface area contributed by atoms with Gasteiger partial charge in [-0.05, 0) is 41.5 Å². The Morgan fingerprint density at radius 3 is 2.53 bits per heavy atom. The summed E-state index contributed by atoms with van der Waals surface area (Å²) in [6.45, 7) is 1.28. The number of hydrogen-bond donors (Lipinski definition) is 0. The molecule has 1 heterocycles. The maximum Gasteiger partial charge on any atom is 0.383 e. The average Bonchev–Trinajstić information content (AvgIpc) is 3.03. The number of aromatic nitrogens is 3. The number of esters is 1. The van der Waals surface area contributed by atoms with Crippen LogP contribution in [0.3, 0.4) is 0 Å². The molecule has 30 heavy (non-hydrogen) atoms. The first-order chi connectivity index (χ1) is 14.4. The molecule has 154 valence electrons. The van der Waals surface area contributed by atoms with Gasteiger partial charge in [-0.25, -0.2) is 9.18 Å². The molecule has 8 nitrogen and oxygen atoms in total. The molecule has 0 radical (unpaired) electrons. The summed E-state index contributed by atoms with van der Waals surface area (Å²) in [5, 5.41) is 20.5. The van der Waals surface area contributed by atoms with Gasteiger partial charge < -0.3 is 9.84 Å². The number of hydrogen-bond acceptors (Lipinski definition) is 6. The molecule has 0 aliphatic carbocycles. The molecular weight excluding hydrogens is 459 g/mol. The fourth-order valence-electron chi connectivity index (χ4n) is 2.50. The van der Waals surface area contributed by atoms with Crippen LogP contribution in [0.5, 0.6) is 5.88 Å². The largest absolute Gasteiger partial charge is 0.836 e. The Morgan fingerprint density at radius 2 is 1.90 bits per heavy atom. The lowest BCUT2D eigenvalue weighted by Gasteiger charge is -2.03. The van der Waals surface area contributed by atoms with Gasteiger partial charge in [-0.15, -0.1) is 4.68 Å². The van der Waals surface area contributed by atoms with Gasteiger partial charge in [0.25, 0.3) is 5.69 Å². The minimum absolute atomic E-state index is 0.0446. The van der Waals surface area contributed by atoms with Gasteiger partial charge in [-0.2, -0.15) is 0 Å². The molecule has 0 fully saturated rings. The predicted octanol–water partition coefficient (Wildman–Crippen LogP) is 2.09. The smallest absolute Gasteiger partial charge is 0.383 e. The Bertz CT molecular complexity index is 1100. The normalized spacial score (nSPS) is 11.0. The average molecular weight is 475 g/mol. The molecule has 0 aliphatic rings. The Kier molecular flexibility index (Phi) is 6.68. The lowest BCUT2D eigenvalue weighted by Crippen LogP contribution is -2.45. The van der Waals surface area contributed by atoms with Crippen LogP contribution in [-0.2, 0) is 11.3 Å². The lowest BCUT2D eigenvalue weighted by atomic mass is 10.1. The summed E-state index contributed by atoms with van der Waals surface area (Å²) in [4.78, 5) is 25.5. The second-order valence-electron chi connectivity index (χ2n) is 6.04. The van der Waals surface area contributed by atoms with Crippen LogP contribution in [0.4, 0.5) is 4.39 Å². The Balaban J connectivity index is 1.93. The van der Waals surface area contributed by atoms with E-state index < -0.39 is 23.4 Å². The molecule has 10 heteroatoms. The lowest BCUT2D eigenvalue weighted by molar-refractivity contribution is -0.745. The van der Waals surface area contributed by atoms with Crippen LogP contribution >= 0.6 is 15.9 Å². The van der Waals surface area contributed by atoms with E-state index in [0.717, 1.165) is 9.15 Å². The number of halogens is 2. The minimum atomic E-state index is -0.908. The topological polar surface area (TPSA) is 100 Å². The third kappa shape index (κ3) is 4.95. The first-order valence-electron chi connectivity index (χ1n) is 8.85. The fourth-order valence-corrected chi connectivity index (χ4v) is 2.77. The van der Waals surface area contributed by atoms with Crippen molar-refractivity contribution >= 4 is 33.9 Å². The molecule has 3 rings (SSSR count). The number of nitrogens with zero attached hydrogens (tertiary/aromatic N) is 4. The molecule has 2 aromatic carbocycles. The summed E-state index contributed by atoms with van der Waals surface area (Å²) in [5.74, 6) is -2.51.